The van der Waals surface area contributed by atoms with Crippen LogP contribution >= 0.6 is 15.9 Å². The van der Waals surface area contributed by atoms with E-state index in [1.54, 1.807) is 6.92 Å². The standard InChI is InChI=1S/C13H18BrNO3/c1-9(16)11-6-5-10(14)8-12(11)18-7-3-2-4-13(15)17/h5-6,8-9,16H,2-4,7H2,1H3,(H2,15,17)/t9-/m0/s1. The number of amides is 1. The number of primary amides is 1. The third kappa shape index (κ3) is 5.06. The first-order chi connectivity index (χ1) is 8.50. The van der Waals surface area contributed by atoms with Crippen LogP contribution in [0.15, 0.2) is 22.7 Å². The third-order valence-electron chi connectivity index (χ3n) is 2.50. The summed E-state index contributed by atoms with van der Waals surface area (Å²) in [5, 5.41) is 9.61. The van der Waals surface area contributed by atoms with E-state index >= 15 is 0 Å². The monoisotopic (exact) mass is 315 g/mol. The van der Waals surface area contributed by atoms with Crippen molar-refractivity contribution >= 4 is 21.8 Å². The molecule has 0 saturated carbocycles. The minimum Gasteiger partial charge on any atom is -0.493 e. The van der Waals surface area contributed by atoms with E-state index < -0.39 is 6.10 Å². The minimum absolute atomic E-state index is 0.290. The normalized spacial score (nSPS) is 12.2. The van der Waals surface area contributed by atoms with Gasteiger partial charge in [-0.1, -0.05) is 22.0 Å². The second kappa shape index (κ2) is 7.38. The lowest BCUT2D eigenvalue weighted by molar-refractivity contribution is -0.118. The van der Waals surface area contributed by atoms with Crippen molar-refractivity contribution in [3.05, 3.63) is 28.2 Å². The number of aliphatic hydroxyl groups is 1. The number of carbonyl (C=O) groups excluding carboxylic acids is 1. The summed E-state index contributed by atoms with van der Waals surface area (Å²) in [5.41, 5.74) is 5.81. The lowest BCUT2D eigenvalue weighted by atomic mass is 10.1. The van der Waals surface area contributed by atoms with Crippen molar-refractivity contribution in [3.63, 3.8) is 0 Å². The van der Waals surface area contributed by atoms with Gasteiger partial charge >= 0.3 is 0 Å². The van der Waals surface area contributed by atoms with Crippen molar-refractivity contribution in [1.29, 1.82) is 0 Å². The number of benzene rings is 1. The van der Waals surface area contributed by atoms with Crippen LogP contribution in [0, 0.1) is 0 Å². The van der Waals surface area contributed by atoms with Crippen molar-refractivity contribution in [2.24, 2.45) is 5.73 Å². The summed E-state index contributed by atoms with van der Waals surface area (Å²) in [6.45, 7) is 2.20. The largest absolute Gasteiger partial charge is 0.493 e. The Kier molecular flexibility index (Phi) is 6.15. The van der Waals surface area contributed by atoms with Crippen molar-refractivity contribution in [2.45, 2.75) is 32.3 Å². The van der Waals surface area contributed by atoms with E-state index in [1.165, 1.54) is 0 Å². The number of carbonyl (C=O) groups is 1. The molecule has 1 atom stereocenters. The summed E-state index contributed by atoms with van der Waals surface area (Å²) >= 11 is 3.36. The van der Waals surface area contributed by atoms with Gasteiger partial charge in [0.1, 0.15) is 5.75 Å². The highest BCUT2D eigenvalue weighted by molar-refractivity contribution is 9.10. The Morgan fingerprint density at radius 2 is 2.22 bits per heavy atom. The molecule has 0 aromatic heterocycles. The van der Waals surface area contributed by atoms with E-state index in [9.17, 15) is 9.90 Å². The van der Waals surface area contributed by atoms with E-state index in [0.29, 0.717) is 25.2 Å². The van der Waals surface area contributed by atoms with Gasteiger partial charge in [0.05, 0.1) is 12.7 Å². The smallest absolute Gasteiger partial charge is 0.217 e. The fourth-order valence-corrected chi connectivity index (χ4v) is 1.90. The summed E-state index contributed by atoms with van der Waals surface area (Å²) in [6.07, 6.45) is 1.28. The number of ether oxygens (including phenoxy) is 1. The van der Waals surface area contributed by atoms with Crippen LogP contribution < -0.4 is 10.5 Å². The first-order valence-corrected chi connectivity index (χ1v) is 6.68. The number of unbranched alkanes of at least 4 members (excludes halogenated alkanes) is 1. The zero-order chi connectivity index (χ0) is 13.5. The first kappa shape index (κ1) is 15.0. The number of hydrogen-bond acceptors (Lipinski definition) is 3. The molecule has 0 saturated heterocycles. The summed E-state index contributed by atoms with van der Waals surface area (Å²) in [5.74, 6) is 0.376. The molecule has 0 fully saturated rings. The molecule has 0 aliphatic heterocycles. The lowest BCUT2D eigenvalue weighted by Crippen LogP contribution is -2.10. The predicted molar refractivity (Wildman–Crippen MR) is 73.3 cm³/mol. The van der Waals surface area contributed by atoms with Crippen LogP contribution in [0.25, 0.3) is 0 Å². The van der Waals surface area contributed by atoms with Crippen LogP contribution in [0.5, 0.6) is 5.75 Å². The highest BCUT2D eigenvalue weighted by Gasteiger charge is 2.09. The molecule has 3 N–H and O–H groups in total. The van der Waals surface area contributed by atoms with Crippen LogP contribution in [0.4, 0.5) is 0 Å². The van der Waals surface area contributed by atoms with Crippen LogP contribution in [0.2, 0.25) is 0 Å². The van der Waals surface area contributed by atoms with Gasteiger partial charge in [0.25, 0.3) is 0 Å². The van der Waals surface area contributed by atoms with Gasteiger partial charge in [-0.2, -0.15) is 0 Å². The van der Waals surface area contributed by atoms with Crippen LogP contribution in [-0.4, -0.2) is 17.6 Å². The van der Waals surface area contributed by atoms with Gasteiger partial charge in [-0.25, -0.2) is 0 Å². The summed E-state index contributed by atoms with van der Waals surface area (Å²) in [6, 6.07) is 5.52. The zero-order valence-electron chi connectivity index (χ0n) is 10.4. The Morgan fingerprint density at radius 3 is 2.83 bits per heavy atom. The summed E-state index contributed by atoms with van der Waals surface area (Å²) in [7, 11) is 0. The number of halogens is 1. The maximum Gasteiger partial charge on any atom is 0.217 e. The molecule has 100 valence electrons. The molecule has 5 heteroatoms. The topological polar surface area (TPSA) is 72.6 Å². The maximum absolute atomic E-state index is 10.6. The van der Waals surface area contributed by atoms with E-state index in [1.807, 2.05) is 18.2 Å². The van der Waals surface area contributed by atoms with E-state index in [-0.39, 0.29) is 5.91 Å². The number of nitrogens with two attached hydrogens (primary N) is 1. The summed E-state index contributed by atoms with van der Waals surface area (Å²) < 4.78 is 6.52. The van der Waals surface area contributed by atoms with Crippen LogP contribution in [-0.2, 0) is 4.79 Å². The predicted octanol–water partition coefficient (Wildman–Crippen LogP) is 2.54. The highest BCUT2D eigenvalue weighted by Crippen LogP contribution is 2.28. The minimum atomic E-state index is -0.571. The van der Waals surface area contributed by atoms with E-state index in [4.69, 9.17) is 10.5 Å². The van der Waals surface area contributed by atoms with Gasteiger partial charge in [0, 0.05) is 16.5 Å². The molecule has 1 aromatic carbocycles. The third-order valence-corrected chi connectivity index (χ3v) is 2.99. The number of rotatable bonds is 7. The Labute approximate surface area is 115 Å². The molecule has 0 radical (unpaired) electrons. The van der Waals surface area contributed by atoms with E-state index in [0.717, 1.165) is 16.5 Å². The molecule has 0 aliphatic carbocycles. The van der Waals surface area contributed by atoms with Gasteiger partial charge in [0.15, 0.2) is 0 Å². The second-order valence-corrected chi connectivity index (χ2v) is 5.05. The molecule has 4 nitrogen and oxygen atoms in total. The lowest BCUT2D eigenvalue weighted by Gasteiger charge is -2.13. The van der Waals surface area contributed by atoms with Gasteiger partial charge in [-0.15, -0.1) is 0 Å². The average molecular weight is 316 g/mol. The van der Waals surface area contributed by atoms with Crippen LogP contribution in [0.3, 0.4) is 0 Å². The van der Waals surface area contributed by atoms with Gasteiger partial charge < -0.3 is 15.6 Å². The molecule has 1 amide bonds. The Hall–Kier alpha value is -1.07. The van der Waals surface area contributed by atoms with Gasteiger partial charge in [0.2, 0.25) is 5.91 Å². The Morgan fingerprint density at radius 1 is 1.50 bits per heavy atom. The fraction of sp³-hybridized carbons (Fsp3) is 0.462. The summed E-state index contributed by atoms with van der Waals surface area (Å²) in [4.78, 5) is 10.6. The fourth-order valence-electron chi connectivity index (χ4n) is 1.56. The van der Waals surface area contributed by atoms with Crippen LogP contribution in [0.1, 0.15) is 37.9 Å². The van der Waals surface area contributed by atoms with Crippen molar-refractivity contribution in [2.75, 3.05) is 6.61 Å². The molecule has 0 bridgehead atoms. The number of hydrogen-bond donors (Lipinski definition) is 2. The maximum atomic E-state index is 10.6. The molecule has 18 heavy (non-hydrogen) atoms. The number of aliphatic hydroxyl groups excluding tert-OH is 1. The van der Waals surface area contributed by atoms with Crippen molar-refractivity contribution in [3.8, 4) is 5.75 Å². The second-order valence-electron chi connectivity index (χ2n) is 4.13. The Bertz CT molecular complexity index is 407. The van der Waals surface area contributed by atoms with Crippen molar-refractivity contribution in [1.82, 2.24) is 0 Å². The zero-order valence-corrected chi connectivity index (χ0v) is 11.9. The SMILES string of the molecule is C[C@H](O)c1ccc(Br)cc1OCCCCC(N)=O. The average Bonchev–Trinajstić information content (AvgIpc) is 2.27. The molecule has 0 heterocycles. The van der Waals surface area contributed by atoms with E-state index in [2.05, 4.69) is 15.9 Å². The molecular formula is C13H18BrNO3. The molecule has 0 spiro atoms. The molecular weight excluding hydrogens is 298 g/mol. The van der Waals surface area contributed by atoms with Gasteiger partial charge in [-0.05, 0) is 31.9 Å². The Balaban J connectivity index is 2.50. The van der Waals surface area contributed by atoms with Crippen molar-refractivity contribution < 1.29 is 14.6 Å². The molecule has 1 rings (SSSR count). The highest BCUT2D eigenvalue weighted by atomic mass is 79.9. The molecule has 0 unspecified atom stereocenters. The quantitative estimate of drug-likeness (QED) is 0.759. The first-order valence-electron chi connectivity index (χ1n) is 5.89. The molecule has 1 aromatic rings. The molecule has 0 aliphatic rings. The van der Waals surface area contributed by atoms with Gasteiger partial charge in [-0.3, -0.25) is 4.79 Å².